The fourth-order valence-corrected chi connectivity index (χ4v) is 3.53. The Morgan fingerprint density at radius 1 is 0.914 bits per heavy atom. The van der Waals surface area contributed by atoms with Crippen molar-refractivity contribution in [1.29, 1.82) is 0 Å². The molecule has 0 saturated heterocycles. The van der Waals surface area contributed by atoms with E-state index < -0.39 is 5.91 Å². The maximum atomic E-state index is 13.3. The molecule has 9 nitrogen and oxygen atoms in total. The molecule has 4 aromatic rings. The number of aromatic nitrogens is 3. The van der Waals surface area contributed by atoms with Gasteiger partial charge in [-0.3, -0.25) is 14.4 Å². The Bertz CT molecular complexity index is 1420. The number of nitrogens with two attached hydrogens (primary N) is 1. The van der Waals surface area contributed by atoms with E-state index in [4.69, 9.17) is 10.5 Å². The normalized spacial score (nSPS) is 10.3. The van der Waals surface area contributed by atoms with Crippen LogP contribution in [0.5, 0.6) is 5.88 Å². The number of hydrogen-bond donors (Lipinski definition) is 3. The zero-order chi connectivity index (χ0) is 25.7. The van der Waals surface area contributed by atoms with E-state index in [-0.39, 0.29) is 29.1 Å². The van der Waals surface area contributed by atoms with Gasteiger partial charge in [-0.25, -0.2) is 9.97 Å². The maximum Gasteiger partial charge on any atom is 0.275 e. The van der Waals surface area contributed by atoms with E-state index in [2.05, 4.69) is 20.3 Å². The lowest BCUT2D eigenvalue weighted by atomic mass is 9.93. The highest BCUT2D eigenvalue weighted by Gasteiger charge is 2.21. The predicted molar refractivity (Wildman–Crippen MR) is 136 cm³/mol. The second kappa shape index (κ2) is 10.6. The van der Waals surface area contributed by atoms with Gasteiger partial charge in [-0.05, 0) is 49.7 Å². The number of anilines is 2. The third-order valence-corrected chi connectivity index (χ3v) is 5.15. The zero-order valence-corrected chi connectivity index (χ0v) is 20.2. The number of H-pyrrole nitrogens is 1. The topological polar surface area (TPSA) is 140 Å². The van der Waals surface area contributed by atoms with Gasteiger partial charge >= 0.3 is 0 Å². The highest BCUT2D eigenvalue weighted by atomic mass is 16.5. The van der Waals surface area contributed by atoms with Gasteiger partial charge in [0, 0.05) is 28.4 Å². The number of rotatable bonds is 6. The van der Waals surface area contributed by atoms with E-state index >= 15 is 0 Å². The molecule has 1 amide bonds. The van der Waals surface area contributed by atoms with Crippen LogP contribution in [0.4, 0.5) is 11.6 Å². The fourth-order valence-electron chi connectivity index (χ4n) is 3.53. The first-order valence-electron chi connectivity index (χ1n) is 11.0. The summed E-state index contributed by atoms with van der Waals surface area (Å²) in [5.74, 6) is -0.385. The summed E-state index contributed by atoms with van der Waals surface area (Å²) in [5.41, 5.74) is 9.25. The molecule has 0 bridgehead atoms. The number of amides is 1. The van der Waals surface area contributed by atoms with Crippen LogP contribution in [0.3, 0.4) is 0 Å². The number of imidazole rings is 1. The van der Waals surface area contributed by atoms with Crippen molar-refractivity contribution in [2.75, 3.05) is 18.2 Å². The van der Waals surface area contributed by atoms with E-state index in [1.807, 2.05) is 13.8 Å². The van der Waals surface area contributed by atoms with Crippen molar-refractivity contribution in [1.82, 2.24) is 15.0 Å². The van der Waals surface area contributed by atoms with Crippen molar-refractivity contribution < 1.29 is 19.1 Å². The molecule has 0 atom stereocenters. The summed E-state index contributed by atoms with van der Waals surface area (Å²) in [7, 11) is 1.45. The van der Waals surface area contributed by atoms with Gasteiger partial charge in [0.25, 0.3) is 5.91 Å². The van der Waals surface area contributed by atoms with Crippen LogP contribution in [0.15, 0.2) is 48.5 Å². The molecule has 0 aliphatic carbocycles. The Balaban J connectivity index is 0.00000167. The highest BCUT2D eigenvalue weighted by molar-refractivity contribution is 6.11. The summed E-state index contributed by atoms with van der Waals surface area (Å²) in [4.78, 5) is 48.8. The van der Waals surface area contributed by atoms with Gasteiger partial charge in [0.2, 0.25) is 5.88 Å². The van der Waals surface area contributed by atoms with Crippen LogP contribution < -0.4 is 15.8 Å². The zero-order valence-electron chi connectivity index (χ0n) is 20.2. The van der Waals surface area contributed by atoms with Crippen LogP contribution in [0.25, 0.3) is 22.2 Å². The third-order valence-electron chi connectivity index (χ3n) is 5.15. The number of ether oxygens (including phenoxy) is 1. The van der Waals surface area contributed by atoms with Crippen molar-refractivity contribution in [2.24, 2.45) is 0 Å². The molecule has 2 aromatic carbocycles. The average molecular weight is 474 g/mol. The summed E-state index contributed by atoms with van der Waals surface area (Å²) in [6.45, 7) is 6.83. The number of nitrogen functional groups attached to an aromatic ring is 1. The Kier molecular flexibility index (Phi) is 7.60. The molecule has 0 aliphatic heterocycles. The van der Waals surface area contributed by atoms with E-state index in [0.29, 0.717) is 39.0 Å². The highest BCUT2D eigenvalue weighted by Crippen LogP contribution is 2.30. The fraction of sp³-hybridized carbons (Fsp3) is 0.192. The van der Waals surface area contributed by atoms with E-state index in [1.54, 1.807) is 42.5 Å². The number of methoxy groups -OCH3 is 1. The molecule has 0 radical (unpaired) electrons. The molecule has 4 rings (SSSR count). The summed E-state index contributed by atoms with van der Waals surface area (Å²) in [6, 6.07) is 13.2. The Morgan fingerprint density at radius 2 is 1.63 bits per heavy atom. The number of pyridine rings is 1. The lowest BCUT2D eigenvalue weighted by Crippen LogP contribution is -2.16. The molecule has 4 N–H and O–H groups in total. The predicted octanol–water partition coefficient (Wildman–Crippen LogP) is 4.90. The standard InChI is InChI=1S/C24H21N5O4.C2H6/c1-12(30)14-4-6-16(18(10-14)13(2)31)17-7-9-21(33-3)29-22(17)23(32)26-15-5-8-19-20(11-15)28-24(25)27-19;1-2/h4-11H,1-3H3,(H,26,32)(H3,25,27,28);1-2H3. The number of carbonyl (C=O) groups excluding carboxylic acids is 3. The monoisotopic (exact) mass is 473 g/mol. The van der Waals surface area contributed by atoms with Crippen molar-refractivity contribution in [3.63, 3.8) is 0 Å². The van der Waals surface area contributed by atoms with Gasteiger partial charge < -0.3 is 20.8 Å². The van der Waals surface area contributed by atoms with E-state index in [9.17, 15) is 14.4 Å². The minimum absolute atomic E-state index is 0.0663. The molecule has 35 heavy (non-hydrogen) atoms. The van der Waals surface area contributed by atoms with Crippen LogP contribution >= 0.6 is 0 Å². The van der Waals surface area contributed by atoms with Gasteiger partial charge in [-0.2, -0.15) is 0 Å². The lowest BCUT2D eigenvalue weighted by molar-refractivity contribution is 0.100. The van der Waals surface area contributed by atoms with Crippen LogP contribution in [-0.4, -0.2) is 39.5 Å². The molecule has 180 valence electrons. The molecule has 9 heteroatoms. The van der Waals surface area contributed by atoms with Gasteiger partial charge in [0.15, 0.2) is 17.5 Å². The number of benzene rings is 2. The number of hydrogen-bond acceptors (Lipinski definition) is 7. The second-order valence-corrected chi connectivity index (χ2v) is 7.43. The minimum atomic E-state index is -0.499. The Morgan fingerprint density at radius 3 is 2.29 bits per heavy atom. The smallest absolute Gasteiger partial charge is 0.275 e. The number of fused-ring (bicyclic) bond motifs is 1. The first-order chi connectivity index (χ1) is 16.8. The number of carbonyl (C=O) groups is 3. The van der Waals surface area contributed by atoms with Crippen LogP contribution in [0, 0.1) is 0 Å². The molecular formula is C26H27N5O4. The number of nitrogens with one attached hydrogen (secondary N) is 2. The number of ketones is 2. The van der Waals surface area contributed by atoms with Crippen LogP contribution in [0.1, 0.15) is 58.9 Å². The van der Waals surface area contributed by atoms with Crippen molar-refractivity contribution >= 4 is 40.1 Å². The number of nitrogens with zero attached hydrogens (tertiary/aromatic N) is 2. The molecule has 0 spiro atoms. The van der Waals surface area contributed by atoms with Crippen LogP contribution in [-0.2, 0) is 0 Å². The largest absolute Gasteiger partial charge is 0.481 e. The average Bonchev–Trinajstić information content (AvgIpc) is 3.23. The first kappa shape index (κ1) is 25.1. The van der Waals surface area contributed by atoms with Crippen molar-refractivity contribution in [3.05, 3.63) is 65.4 Å². The minimum Gasteiger partial charge on any atom is -0.481 e. The van der Waals surface area contributed by atoms with Gasteiger partial charge in [0.1, 0.15) is 5.69 Å². The first-order valence-corrected chi connectivity index (χ1v) is 11.0. The number of aromatic amines is 1. The maximum absolute atomic E-state index is 13.3. The Labute approximate surface area is 202 Å². The molecule has 0 fully saturated rings. The van der Waals surface area contributed by atoms with Gasteiger partial charge in [-0.1, -0.05) is 26.0 Å². The molecular weight excluding hydrogens is 446 g/mol. The van der Waals surface area contributed by atoms with E-state index in [0.717, 1.165) is 0 Å². The number of Topliss-reactive ketones (excluding diaryl/α,β-unsaturated/α-hetero) is 2. The van der Waals surface area contributed by atoms with Crippen LogP contribution in [0.2, 0.25) is 0 Å². The summed E-state index contributed by atoms with van der Waals surface area (Å²) in [5, 5.41) is 2.81. The van der Waals surface area contributed by atoms with Crippen molar-refractivity contribution in [2.45, 2.75) is 27.7 Å². The quantitative estimate of drug-likeness (QED) is 0.338. The molecule has 0 unspecified atom stereocenters. The van der Waals surface area contributed by atoms with E-state index in [1.165, 1.54) is 27.0 Å². The summed E-state index contributed by atoms with van der Waals surface area (Å²) < 4.78 is 5.20. The Hall–Kier alpha value is -4.53. The molecule has 2 aromatic heterocycles. The SMILES string of the molecule is CC.COc1ccc(-c2ccc(C(C)=O)cc2C(C)=O)c(C(=O)Nc2ccc3nc(N)[nH]c3c2)n1. The summed E-state index contributed by atoms with van der Waals surface area (Å²) in [6.07, 6.45) is 0. The molecule has 2 heterocycles. The van der Waals surface area contributed by atoms with Crippen molar-refractivity contribution in [3.8, 4) is 17.0 Å². The summed E-state index contributed by atoms with van der Waals surface area (Å²) >= 11 is 0. The second-order valence-electron chi connectivity index (χ2n) is 7.43. The van der Waals surface area contributed by atoms with Gasteiger partial charge in [0.05, 0.1) is 18.1 Å². The van der Waals surface area contributed by atoms with Gasteiger partial charge in [-0.15, -0.1) is 0 Å². The third kappa shape index (κ3) is 5.35. The lowest BCUT2D eigenvalue weighted by Gasteiger charge is -2.14. The molecule has 0 saturated carbocycles. The molecule has 0 aliphatic rings.